The number of hydrogen-bond acceptors (Lipinski definition) is 4. The van der Waals surface area contributed by atoms with Crippen molar-refractivity contribution >= 4 is 23.2 Å². The summed E-state index contributed by atoms with van der Waals surface area (Å²) < 4.78 is 0. The molecule has 6 heteroatoms. The van der Waals surface area contributed by atoms with Gasteiger partial charge >= 0.3 is 0 Å². The van der Waals surface area contributed by atoms with Gasteiger partial charge in [0.25, 0.3) is 5.91 Å². The minimum Gasteiger partial charge on any atom is -0.315 e. The third-order valence-electron chi connectivity index (χ3n) is 3.14. The van der Waals surface area contributed by atoms with Gasteiger partial charge in [0.05, 0.1) is 0 Å². The second-order valence-corrected chi connectivity index (χ2v) is 5.00. The lowest BCUT2D eigenvalue weighted by molar-refractivity contribution is -0.136. The number of hydroxylamine groups is 1. The molecule has 1 atom stereocenters. The molecule has 102 valence electrons. The summed E-state index contributed by atoms with van der Waals surface area (Å²) in [6.45, 7) is 4.05. The Kier molecular flexibility index (Phi) is 3.89. The van der Waals surface area contributed by atoms with Crippen LogP contribution in [0.3, 0.4) is 0 Å². The van der Waals surface area contributed by atoms with Crippen LogP contribution in [0.4, 0.5) is 0 Å². The molecule has 0 fully saturated rings. The first kappa shape index (κ1) is 14.0. The molecule has 1 aromatic carbocycles. The highest BCUT2D eigenvalue weighted by atomic mass is 35.5. The van der Waals surface area contributed by atoms with E-state index in [1.807, 2.05) is 13.0 Å². The number of amides is 1. The van der Waals surface area contributed by atoms with Gasteiger partial charge in [0.2, 0.25) is 0 Å². The predicted molar refractivity (Wildman–Crippen MR) is 73.3 cm³/mol. The van der Waals surface area contributed by atoms with Crippen molar-refractivity contribution in [3.8, 4) is 0 Å². The van der Waals surface area contributed by atoms with E-state index in [0.29, 0.717) is 22.8 Å². The summed E-state index contributed by atoms with van der Waals surface area (Å²) in [5.41, 5.74) is 1.88. The Balaban J connectivity index is 2.50. The molecule has 1 aromatic rings. The number of benzene rings is 1. The van der Waals surface area contributed by atoms with Crippen LogP contribution < -0.4 is 5.48 Å². The van der Waals surface area contributed by atoms with E-state index in [-0.39, 0.29) is 5.91 Å². The number of halogens is 1. The Morgan fingerprint density at radius 2 is 2.16 bits per heavy atom. The molecule has 0 aliphatic carbocycles. The Morgan fingerprint density at radius 1 is 1.47 bits per heavy atom. The third-order valence-corrected chi connectivity index (χ3v) is 3.47. The second-order valence-electron chi connectivity index (χ2n) is 4.59. The molecule has 0 bridgehead atoms. The fourth-order valence-electron chi connectivity index (χ4n) is 2.07. The highest BCUT2D eigenvalue weighted by Gasteiger charge is 2.48. The molecule has 19 heavy (non-hydrogen) atoms. The minimum atomic E-state index is -1.26. The third kappa shape index (κ3) is 2.25. The highest BCUT2D eigenvalue weighted by Crippen LogP contribution is 2.28. The molecule has 1 amide bonds. The van der Waals surface area contributed by atoms with Crippen molar-refractivity contribution in [2.45, 2.75) is 25.8 Å². The van der Waals surface area contributed by atoms with Crippen LogP contribution >= 0.6 is 11.6 Å². The lowest BCUT2D eigenvalue weighted by Crippen LogP contribution is -2.54. The zero-order valence-electron chi connectivity index (χ0n) is 10.9. The van der Waals surface area contributed by atoms with Crippen LogP contribution in [0.5, 0.6) is 0 Å². The molecule has 1 aliphatic heterocycles. The fraction of sp³-hybridized carbons (Fsp3) is 0.385. The van der Waals surface area contributed by atoms with Crippen LogP contribution in [-0.4, -0.2) is 33.9 Å². The molecule has 1 heterocycles. The molecular weight excluding hydrogens is 266 g/mol. The smallest absolute Gasteiger partial charge is 0.271 e. The van der Waals surface area contributed by atoms with Gasteiger partial charge in [-0.25, -0.2) is 5.01 Å². The van der Waals surface area contributed by atoms with Crippen LogP contribution in [0.25, 0.3) is 0 Å². The lowest BCUT2D eigenvalue weighted by atomic mass is 9.91. The Morgan fingerprint density at radius 3 is 2.74 bits per heavy atom. The number of rotatable bonds is 4. The molecule has 0 spiro atoms. The first-order chi connectivity index (χ1) is 9.04. The zero-order chi connectivity index (χ0) is 14.0. The summed E-state index contributed by atoms with van der Waals surface area (Å²) in [4.78, 5) is 12.3. The molecule has 2 rings (SSSR count). The van der Waals surface area contributed by atoms with E-state index >= 15 is 0 Å². The number of carbonyl (C=O) groups is 1. The van der Waals surface area contributed by atoms with Gasteiger partial charge in [-0.3, -0.25) is 4.79 Å². The van der Waals surface area contributed by atoms with Crippen molar-refractivity contribution in [3.05, 3.63) is 34.9 Å². The van der Waals surface area contributed by atoms with Crippen molar-refractivity contribution in [1.29, 1.82) is 0 Å². The largest absolute Gasteiger partial charge is 0.315 e. The maximum absolute atomic E-state index is 12.3. The van der Waals surface area contributed by atoms with Crippen molar-refractivity contribution in [1.82, 2.24) is 10.5 Å². The van der Waals surface area contributed by atoms with Crippen LogP contribution in [0.1, 0.15) is 25.8 Å². The quantitative estimate of drug-likeness (QED) is 0.830. The summed E-state index contributed by atoms with van der Waals surface area (Å²) in [7, 11) is 0. The molecule has 1 aliphatic rings. The maximum Gasteiger partial charge on any atom is 0.271 e. The molecule has 0 saturated heterocycles. The topological polar surface area (TPSA) is 64.9 Å². The SMILES string of the molecule is CCCN1N=C(c2ccccc2Cl)C(C)(NO)C1=O. The Labute approximate surface area is 116 Å². The van der Waals surface area contributed by atoms with E-state index < -0.39 is 5.54 Å². The van der Waals surface area contributed by atoms with Gasteiger partial charge in [-0.1, -0.05) is 36.7 Å². The average Bonchev–Trinajstić information content (AvgIpc) is 2.66. The van der Waals surface area contributed by atoms with Crippen LogP contribution in [0.15, 0.2) is 29.4 Å². The van der Waals surface area contributed by atoms with Gasteiger partial charge in [-0.2, -0.15) is 10.6 Å². The fourth-order valence-corrected chi connectivity index (χ4v) is 2.29. The number of carbonyl (C=O) groups excluding carboxylic acids is 1. The first-order valence-corrected chi connectivity index (χ1v) is 6.49. The number of hydrazone groups is 1. The summed E-state index contributed by atoms with van der Waals surface area (Å²) >= 11 is 6.14. The molecule has 0 saturated carbocycles. The summed E-state index contributed by atoms with van der Waals surface area (Å²) in [6, 6.07) is 7.12. The van der Waals surface area contributed by atoms with E-state index in [0.717, 1.165) is 6.42 Å². The van der Waals surface area contributed by atoms with E-state index in [2.05, 4.69) is 10.6 Å². The number of nitrogens with one attached hydrogen (secondary N) is 1. The maximum atomic E-state index is 12.3. The van der Waals surface area contributed by atoms with Gasteiger partial charge < -0.3 is 5.21 Å². The summed E-state index contributed by atoms with van der Waals surface area (Å²) in [5.74, 6) is -0.285. The van der Waals surface area contributed by atoms with Crippen molar-refractivity contribution in [2.75, 3.05) is 6.54 Å². The van der Waals surface area contributed by atoms with Gasteiger partial charge in [0, 0.05) is 17.1 Å². The molecule has 2 N–H and O–H groups in total. The Hall–Kier alpha value is -1.43. The van der Waals surface area contributed by atoms with Gasteiger partial charge in [-0.05, 0) is 19.4 Å². The molecule has 0 radical (unpaired) electrons. The minimum absolute atomic E-state index is 0.285. The predicted octanol–water partition coefficient (Wildman–Crippen LogP) is 2.03. The number of hydrogen-bond donors (Lipinski definition) is 2. The number of nitrogens with zero attached hydrogens (tertiary/aromatic N) is 2. The standard InChI is InChI=1S/C13H16ClN3O2/c1-3-8-17-12(18)13(2,16-19)11(15-17)9-6-4-5-7-10(9)14/h4-7,16,19H,3,8H2,1-2H3. The summed E-state index contributed by atoms with van der Waals surface area (Å²) in [6.07, 6.45) is 0.784. The first-order valence-electron chi connectivity index (χ1n) is 6.11. The van der Waals surface area contributed by atoms with Crippen molar-refractivity contribution in [3.63, 3.8) is 0 Å². The highest BCUT2D eigenvalue weighted by molar-refractivity contribution is 6.36. The lowest BCUT2D eigenvalue weighted by Gasteiger charge is -2.23. The molecular formula is C13H16ClN3O2. The van der Waals surface area contributed by atoms with E-state index in [4.69, 9.17) is 11.6 Å². The van der Waals surface area contributed by atoms with Gasteiger partial charge in [0.15, 0.2) is 5.54 Å². The zero-order valence-corrected chi connectivity index (χ0v) is 11.6. The van der Waals surface area contributed by atoms with Crippen LogP contribution in [0, 0.1) is 0 Å². The molecule has 1 unspecified atom stereocenters. The van der Waals surface area contributed by atoms with E-state index in [1.54, 1.807) is 25.1 Å². The molecule has 5 nitrogen and oxygen atoms in total. The average molecular weight is 282 g/mol. The molecule has 0 aromatic heterocycles. The van der Waals surface area contributed by atoms with Gasteiger partial charge in [-0.15, -0.1) is 0 Å². The Bertz CT molecular complexity index is 532. The monoisotopic (exact) mass is 281 g/mol. The normalized spacial score (nSPS) is 22.8. The van der Waals surface area contributed by atoms with Crippen LogP contribution in [-0.2, 0) is 4.79 Å². The summed E-state index contributed by atoms with van der Waals surface area (Å²) in [5, 5.41) is 15.5. The van der Waals surface area contributed by atoms with Gasteiger partial charge in [0.1, 0.15) is 5.71 Å². The second kappa shape index (κ2) is 5.28. The van der Waals surface area contributed by atoms with Crippen LogP contribution in [0.2, 0.25) is 5.02 Å². The van der Waals surface area contributed by atoms with E-state index in [9.17, 15) is 10.0 Å². The van der Waals surface area contributed by atoms with Crippen molar-refractivity contribution < 1.29 is 10.0 Å². The van der Waals surface area contributed by atoms with E-state index in [1.165, 1.54) is 5.01 Å². The van der Waals surface area contributed by atoms with Crippen molar-refractivity contribution in [2.24, 2.45) is 5.10 Å².